The molecule has 0 aromatic heterocycles. The van der Waals surface area contributed by atoms with Crippen LogP contribution in [0.4, 0.5) is 0 Å². The second-order valence-electron chi connectivity index (χ2n) is 4.86. The summed E-state index contributed by atoms with van der Waals surface area (Å²) in [5, 5.41) is 0. The molecular formula is C15H24N2O4. The van der Waals surface area contributed by atoms with Crippen molar-refractivity contribution in [2.45, 2.75) is 6.04 Å². The van der Waals surface area contributed by atoms with E-state index in [1.165, 1.54) is 0 Å². The summed E-state index contributed by atoms with van der Waals surface area (Å²) >= 11 is 0. The Kier molecular flexibility index (Phi) is 5.67. The molecule has 2 rings (SSSR count). The van der Waals surface area contributed by atoms with Gasteiger partial charge in [0.1, 0.15) is 0 Å². The van der Waals surface area contributed by atoms with Crippen LogP contribution in [0.25, 0.3) is 0 Å². The lowest BCUT2D eigenvalue weighted by molar-refractivity contribution is 0.0178. The van der Waals surface area contributed by atoms with Crippen molar-refractivity contribution in [3.05, 3.63) is 17.7 Å². The zero-order valence-corrected chi connectivity index (χ0v) is 12.9. The minimum absolute atomic E-state index is 0.114. The SMILES string of the molecule is COc1cc(C(CN)N2CCOCC2)cc(OC)c1OC. The minimum atomic E-state index is 0.114. The molecule has 1 aliphatic heterocycles. The van der Waals surface area contributed by atoms with Crippen molar-refractivity contribution in [2.75, 3.05) is 54.2 Å². The lowest BCUT2D eigenvalue weighted by atomic mass is 10.0. The van der Waals surface area contributed by atoms with E-state index in [1.807, 2.05) is 12.1 Å². The van der Waals surface area contributed by atoms with Crippen molar-refractivity contribution >= 4 is 0 Å². The van der Waals surface area contributed by atoms with Gasteiger partial charge in [-0.1, -0.05) is 0 Å². The van der Waals surface area contributed by atoms with Crippen molar-refractivity contribution in [3.63, 3.8) is 0 Å². The molecule has 0 spiro atoms. The van der Waals surface area contributed by atoms with Crippen molar-refractivity contribution in [1.82, 2.24) is 4.90 Å². The molecule has 118 valence electrons. The standard InChI is InChI=1S/C15H24N2O4/c1-18-13-8-11(9-14(19-2)15(13)20-3)12(10-16)17-4-6-21-7-5-17/h8-9,12H,4-7,10,16H2,1-3H3. The summed E-state index contributed by atoms with van der Waals surface area (Å²) < 4.78 is 21.6. The van der Waals surface area contributed by atoms with E-state index < -0.39 is 0 Å². The molecule has 0 bridgehead atoms. The van der Waals surface area contributed by atoms with Crippen LogP contribution in [0, 0.1) is 0 Å². The predicted molar refractivity (Wildman–Crippen MR) is 80.3 cm³/mol. The van der Waals surface area contributed by atoms with Gasteiger partial charge >= 0.3 is 0 Å². The monoisotopic (exact) mass is 296 g/mol. The van der Waals surface area contributed by atoms with Crippen LogP contribution in [0.1, 0.15) is 11.6 Å². The highest BCUT2D eigenvalue weighted by Gasteiger charge is 2.24. The van der Waals surface area contributed by atoms with Gasteiger partial charge in [-0.15, -0.1) is 0 Å². The molecule has 0 saturated carbocycles. The van der Waals surface area contributed by atoms with E-state index in [9.17, 15) is 0 Å². The van der Waals surface area contributed by atoms with Crippen LogP contribution in [-0.2, 0) is 4.74 Å². The van der Waals surface area contributed by atoms with Crippen molar-refractivity contribution < 1.29 is 18.9 Å². The molecule has 1 atom stereocenters. The molecule has 2 N–H and O–H groups in total. The number of hydrogen-bond acceptors (Lipinski definition) is 6. The van der Waals surface area contributed by atoms with Gasteiger partial charge in [0, 0.05) is 25.7 Å². The summed E-state index contributed by atoms with van der Waals surface area (Å²) in [6, 6.07) is 4.05. The Bertz CT molecular complexity index is 436. The third-order valence-electron chi connectivity index (χ3n) is 3.78. The molecule has 0 radical (unpaired) electrons. The number of rotatable bonds is 6. The first-order valence-corrected chi connectivity index (χ1v) is 7.06. The van der Waals surface area contributed by atoms with Gasteiger partial charge in [0.25, 0.3) is 0 Å². The Morgan fingerprint density at radius 1 is 1.10 bits per heavy atom. The van der Waals surface area contributed by atoms with Crippen molar-refractivity contribution in [2.24, 2.45) is 5.73 Å². The third-order valence-corrected chi connectivity index (χ3v) is 3.78. The zero-order chi connectivity index (χ0) is 15.2. The Labute approximate surface area is 125 Å². The number of nitrogens with zero attached hydrogens (tertiary/aromatic N) is 1. The van der Waals surface area contributed by atoms with Crippen LogP contribution in [-0.4, -0.2) is 59.1 Å². The highest BCUT2D eigenvalue weighted by atomic mass is 16.5. The quantitative estimate of drug-likeness (QED) is 0.846. The number of morpholine rings is 1. The molecular weight excluding hydrogens is 272 g/mol. The summed E-state index contributed by atoms with van der Waals surface area (Å²) in [6.07, 6.45) is 0. The molecule has 1 unspecified atom stereocenters. The highest BCUT2D eigenvalue weighted by Crippen LogP contribution is 2.40. The highest BCUT2D eigenvalue weighted by molar-refractivity contribution is 5.54. The van der Waals surface area contributed by atoms with Crippen LogP contribution in [0.5, 0.6) is 17.2 Å². The molecule has 1 aliphatic rings. The first-order chi connectivity index (χ1) is 10.2. The summed E-state index contributed by atoms with van der Waals surface area (Å²) in [5.41, 5.74) is 7.06. The zero-order valence-electron chi connectivity index (χ0n) is 12.9. The van der Waals surface area contributed by atoms with E-state index in [0.29, 0.717) is 23.8 Å². The molecule has 1 heterocycles. The average Bonchev–Trinajstić information content (AvgIpc) is 2.55. The Hall–Kier alpha value is -1.50. The number of methoxy groups -OCH3 is 3. The van der Waals surface area contributed by atoms with Gasteiger partial charge in [0.15, 0.2) is 11.5 Å². The topological polar surface area (TPSA) is 66.2 Å². The summed E-state index contributed by atoms with van der Waals surface area (Å²) in [4.78, 5) is 2.32. The summed E-state index contributed by atoms with van der Waals surface area (Å²) in [7, 11) is 4.84. The molecule has 1 aromatic carbocycles. The van der Waals surface area contributed by atoms with E-state index in [2.05, 4.69) is 4.90 Å². The molecule has 0 amide bonds. The van der Waals surface area contributed by atoms with Gasteiger partial charge < -0.3 is 24.7 Å². The first kappa shape index (κ1) is 15.9. The van der Waals surface area contributed by atoms with Crippen molar-refractivity contribution in [3.8, 4) is 17.2 Å². The second-order valence-corrected chi connectivity index (χ2v) is 4.86. The lowest BCUT2D eigenvalue weighted by Crippen LogP contribution is -2.41. The van der Waals surface area contributed by atoms with E-state index >= 15 is 0 Å². The fraction of sp³-hybridized carbons (Fsp3) is 0.600. The Morgan fingerprint density at radius 3 is 2.10 bits per heavy atom. The Morgan fingerprint density at radius 2 is 1.67 bits per heavy atom. The van der Waals surface area contributed by atoms with Crippen LogP contribution < -0.4 is 19.9 Å². The summed E-state index contributed by atoms with van der Waals surface area (Å²) in [6.45, 7) is 3.75. The van der Waals surface area contributed by atoms with Gasteiger partial charge in [-0.05, 0) is 17.7 Å². The van der Waals surface area contributed by atoms with Gasteiger partial charge in [-0.3, -0.25) is 4.90 Å². The van der Waals surface area contributed by atoms with E-state index in [0.717, 1.165) is 31.9 Å². The molecule has 6 heteroatoms. The third kappa shape index (κ3) is 3.40. The molecule has 6 nitrogen and oxygen atoms in total. The molecule has 21 heavy (non-hydrogen) atoms. The van der Waals surface area contributed by atoms with E-state index in [4.69, 9.17) is 24.7 Å². The van der Waals surface area contributed by atoms with Gasteiger partial charge in [-0.2, -0.15) is 0 Å². The smallest absolute Gasteiger partial charge is 0.203 e. The second kappa shape index (κ2) is 7.49. The maximum absolute atomic E-state index is 5.99. The molecule has 1 aromatic rings. The Balaban J connectivity index is 2.36. The van der Waals surface area contributed by atoms with Gasteiger partial charge in [0.2, 0.25) is 5.75 Å². The van der Waals surface area contributed by atoms with Crippen LogP contribution in [0.15, 0.2) is 12.1 Å². The predicted octanol–water partition coefficient (Wildman–Crippen LogP) is 1.04. The van der Waals surface area contributed by atoms with Gasteiger partial charge in [0.05, 0.1) is 34.5 Å². The fourth-order valence-corrected chi connectivity index (χ4v) is 2.68. The fourth-order valence-electron chi connectivity index (χ4n) is 2.68. The number of ether oxygens (including phenoxy) is 4. The van der Waals surface area contributed by atoms with Gasteiger partial charge in [-0.25, -0.2) is 0 Å². The molecule has 1 saturated heterocycles. The van der Waals surface area contributed by atoms with Crippen LogP contribution in [0.2, 0.25) is 0 Å². The van der Waals surface area contributed by atoms with E-state index in [1.54, 1.807) is 21.3 Å². The number of hydrogen-bond donors (Lipinski definition) is 1. The number of nitrogens with two attached hydrogens (primary N) is 1. The maximum Gasteiger partial charge on any atom is 0.203 e. The maximum atomic E-state index is 5.99. The van der Waals surface area contributed by atoms with E-state index in [-0.39, 0.29) is 6.04 Å². The first-order valence-electron chi connectivity index (χ1n) is 7.06. The normalized spacial score (nSPS) is 17.3. The summed E-state index contributed by atoms with van der Waals surface area (Å²) in [5.74, 6) is 1.90. The van der Waals surface area contributed by atoms with Crippen molar-refractivity contribution in [1.29, 1.82) is 0 Å². The van der Waals surface area contributed by atoms with Crippen LogP contribution >= 0.6 is 0 Å². The minimum Gasteiger partial charge on any atom is -0.493 e. The largest absolute Gasteiger partial charge is 0.493 e. The molecule has 0 aliphatic carbocycles. The lowest BCUT2D eigenvalue weighted by Gasteiger charge is -2.34. The molecule has 1 fully saturated rings. The van der Waals surface area contributed by atoms with Crippen LogP contribution in [0.3, 0.4) is 0 Å². The average molecular weight is 296 g/mol. The number of benzene rings is 1.